The largest absolute Gasteiger partial charge is 0.497 e. The Bertz CT molecular complexity index is 1830. The predicted octanol–water partition coefficient (Wildman–Crippen LogP) is 6.13. The van der Waals surface area contributed by atoms with Crippen LogP contribution in [0.2, 0.25) is 0 Å². The van der Waals surface area contributed by atoms with Gasteiger partial charge in [0.15, 0.2) is 5.82 Å². The Labute approximate surface area is 250 Å². The number of benzene rings is 4. The molecular formula is C35H33N5O3. The lowest BCUT2D eigenvalue weighted by Crippen LogP contribution is -2.31. The summed E-state index contributed by atoms with van der Waals surface area (Å²) in [5.41, 5.74) is 4.61. The van der Waals surface area contributed by atoms with Crippen LogP contribution in [0.3, 0.4) is 0 Å². The van der Waals surface area contributed by atoms with Gasteiger partial charge in [-0.2, -0.15) is 0 Å². The van der Waals surface area contributed by atoms with E-state index in [1.54, 1.807) is 26.4 Å². The summed E-state index contributed by atoms with van der Waals surface area (Å²) in [5, 5.41) is 13.7. The van der Waals surface area contributed by atoms with E-state index in [9.17, 15) is 4.79 Å². The molecule has 0 saturated carbocycles. The molecule has 0 spiro atoms. The van der Waals surface area contributed by atoms with Crippen LogP contribution in [0.5, 0.6) is 11.5 Å². The molecule has 1 amide bonds. The first-order valence-corrected chi connectivity index (χ1v) is 14.2. The highest BCUT2D eigenvalue weighted by Crippen LogP contribution is 2.31. The van der Waals surface area contributed by atoms with Crippen LogP contribution in [0.15, 0.2) is 109 Å². The van der Waals surface area contributed by atoms with E-state index in [4.69, 9.17) is 19.7 Å². The number of H-pyrrole nitrogens is 1. The first kappa shape index (κ1) is 27.8. The van der Waals surface area contributed by atoms with Crippen molar-refractivity contribution in [2.45, 2.75) is 25.4 Å². The van der Waals surface area contributed by atoms with Crippen LogP contribution in [0.1, 0.15) is 44.7 Å². The monoisotopic (exact) mass is 571 g/mol. The molecule has 43 heavy (non-hydrogen) atoms. The van der Waals surface area contributed by atoms with Crippen LogP contribution in [0.4, 0.5) is 0 Å². The second-order valence-corrected chi connectivity index (χ2v) is 10.3. The molecule has 0 unspecified atom stereocenters. The minimum absolute atomic E-state index is 0.196. The zero-order chi connectivity index (χ0) is 29.6. The first-order chi connectivity index (χ1) is 21.1. The summed E-state index contributed by atoms with van der Waals surface area (Å²) in [6, 6.07) is 32.8. The van der Waals surface area contributed by atoms with E-state index in [1.165, 1.54) is 5.56 Å². The quantitative estimate of drug-likeness (QED) is 0.195. The minimum Gasteiger partial charge on any atom is -0.497 e. The van der Waals surface area contributed by atoms with Gasteiger partial charge in [0.2, 0.25) is 0 Å². The van der Waals surface area contributed by atoms with Gasteiger partial charge < -0.3 is 24.3 Å². The summed E-state index contributed by atoms with van der Waals surface area (Å²) in [4.78, 5) is 17.0. The number of amides is 1. The fraction of sp³-hybridized carbons (Fsp3) is 0.171. The zero-order valence-corrected chi connectivity index (χ0v) is 24.2. The third kappa shape index (κ3) is 5.99. The van der Waals surface area contributed by atoms with Crippen molar-refractivity contribution in [2.75, 3.05) is 14.2 Å². The van der Waals surface area contributed by atoms with Gasteiger partial charge in [-0.15, -0.1) is 10.2 Å². The number of hydrogen-bond donors (Lipinski definition) is 2. The van der Waals surface area contributed by atoms with E-state index < -0.39 is 6.04 Å². The maximum absolute atomic E-state index is 13.6. The van der Waals surface area contributed by atoms with Crippen LogP contribution in [-0.4, -0.2) is 39.9 Å². The maximum atomic E-state index is 13.6. The molecule has 0 aliphatic heterocycles. The number of aromatic amines is 1. The third-order valence-electron chi connectivity index (χ3n) is 7.66. The minimum atomic E-state index is -0.578. The van der Waals surface area contributed by atoms with Gasteiger partial charge in [-0.05, 0) is 42.3 Å². The van der Waals surface area contributed by atoms with Crippen molar-refractivity contribution < 1.29 is 14.3 Å². The van der Waals surface area contributed by atoms with E-state index in [0.29, 0.717) is 35.9 Å². The Morgan fingerprint density at radius 3 is 2.37 bits per heavy atom. The standard InChI is InChI=1S/C35H33N5O3/c1-42-27-19-18-26(31(21-27)43-2)23-40-32(20-17-24-11-5-3-6-12-24)38-39-34(40)33(37-35(41)25-13-7-4-8-14-25)29-22-36-30-16-10-9-15-28(29)30/h3-16,18-19,21-22,33,36H,17,20,23H2,1-2H3,(H,37,41)/t33-/m1/s1. The van der Waals surface area contributed by atoms with Crippen LogP contribution in [0.25, 0.3) is 10.9 Å². The highest BCUT2D eigenvalue weighted by molar-refractivity contribution is 5.95. The molecular weight excluding hydrogens is 538 g/mol. The summed E-state index contributed by atoms with van der Waals surface area (Å²) >= 11 is 0. The number of aromatic nitrogens is 4. The maximum Gasteiger partial charge on any atom is 0.252 e. The number of nitrogens with one attached hydrogen (secondary N) is 2. The molecule has 0 bridgehead atoms. The van der Waals surface area contributed by atoms with Crippen LogP contribution in [-0.2, 0) is 19.4 Å². The lowest BCUT2D eigenvalue weighted by molar-refractivity contribution is 0.0941. The van der Waals surface area contributed by atoms with Crippen molar-refractivity contribution in [3.63, 3.8) is 0 Å². The van der Waals surface area contributed by atoms with E-state index >= 15 is 0 Å². The molecule has 2 heterocycles. The molecule has 4 aromatic carbocycles. The van der Waals surface area contributed by atoms with E-state index in [-0.39, 0.29) is 5.91 Å². The van der Waals surface area contributed by atoms with Crippen LogP contribution in [0, 0.1) is 0 Å². The molecule has 8 heteroatoms. The van der Waals surface area contributed by atoms with Gasteiger partial charge >= 0.3 is 0 Å². The number of methoxy groups -OCH3 is 2. The number of para-hydroxylation sites is 1. The molecule has 0 aliphatic rings. The molecule has 216 valence electrons. The summed E-state index contributed by atoms with van der Waals surface area (Å²) < 4.78 is 13.3. The highest BCUT2D eigenvalue weighted by Gasteiger charge is 2.28. The molecule has 6 rings (SSSR count). The van der Waals surface area contributed by atoms with Gasteiger partial charge in [0, 0.05) is 46.3 Å². The first-order valence-electron chi connectivity index (χ1n) is 14.2. The van der Waals surface area contributed by atoms with Crippen molar-refractivity contribution in [3.8, 4) is 11.5 Å². The molecule has 1 atom stereocenters. The Kier molecular flexibility index (Phi) is 8.17. The summed E-state index contributed by atoms with van der Waals surface area (Å²) in [7, 11) is 3.28. The zero-order valence-electron chi connectivity index (χ0n) is 24.2. The summed E-state index contributed by atoms with van der Waals surface area (Å²) in [6.45, 7) is 0.444. The Hall–Kier alpha value is -5.37. The molecule has 2 N–H and O–H groups in total. The number of ether oxygens (including phenoxy) is 2. The number of aryl methyl sites for hydroxylation is 2. The summed E-state index contributed by atoms with van der Waals surface area (Å²) in [6.07, 6.45) is 3.41. The van der Waals surface area contributed by atoms with Crippen LogP contribution >= 0.6 is 0 Å². The number of carbonyl (C=O) groups is 1. The third-order valence-corrected chi connectivity index (χ3v) is 7.66. The molecule has 0 saturated heterocycles. The van der Waals surface area contributed by atoms with Crippen molar-refractivity contribution in [3.05, 3.63) is 143 Å². The van der Waals surface area contributed by atoms with Crippen LogP contribution < -0.4 is 14.8 Å². The molecule has 2 aromatic heterocycles. The van der Waals surface area contributed by atoms with Crippen molar-refractivity contribution in [1.82, 2.24) is 25.1 Å². The highest BCUT2D eigenvalue weighted by atomic mass is 16.5. The average Bonchev–Trinajstić information content (AvgIpc) is 3.67. The molecule has 0 fully saturated rings. The van der Waals surface area contributed by atoms with Gasteiger partial charge in [-0.1, -0.05) is 66.7 Å². The lowest BCUT2D eigenvalue weighted by atomic mass is 10.0. The van der Waals surface area contributed by atoms with Gasteiger partial charge in [0.25, 0.3) is 5.91 Å². The Balaban J connectivity index is 1.46. The smallest absolute Gasteiger partial charge is 0.252 e. The number of rotatable bonds is 11. The van der Waals surface area contributed by atoms with Crippen molar-refractivity contribution >= 4 is 16.8 Å². The topological polar surface area (TPSA) is 94.1 Å². The second kappa shape index (κ2) is 12.7. The number of nitrogens with zero attached hydrogens (tertiary/aromatic N) is 3. The number of fused-ring (bicyclic) bond motifs is 1. The van der Waals surface area contributed by atoms with E-state index in [1.807, 2.05) is 85.1 Å². The lowest BCUT2D eigenvalue weighted by Gasteiger charge is -2.21. The molecule has 0 radical (unpaired) electrons. The second-order valence-electron chi connectivity index (χ2n) is 10.3. The van der Waals surface area contributed by atoms with E-state index in [2.05, 4.69) is 27.0 Å². The molecule has 8 nitrogen and oxygen atoms in total. The normalized spacial score (nSPS) is 11.8. The Morgan fingerprint density at radius 2 is 1.60 bits per heavy atom. The number of carbonyl (C=O) groups excluding carboxylic acids is 1. The molecule has 0 aliphatic carbocycles. The van der Waals surface area contributed by atoms with Crippen molar-refractivity contribution in [1.29, 1.82) is 0 Å². The van der Waals surface area contributed by atoms with Crippen molar-refractivity contribution in [2.24, 2.45) is 0 Å². The van der Waals surface area contributed by atoms with Gasteiger partial charge in [-0.25, -0.2) is 0 Å². The SMILES string of the molecule is COc1ccc(Cn2c(CCc3ccccc3)nnc2[C@H](NC(=O)c2ccccc2)c2c[nH]c3ccccc23)c(OC)c1. The van der Waals surface area contributed by atoms with Gasteiger partial charge in [0.05, 0.1) is 20.8 Å². The van der Waals surface area contributed by atoms with Gasteiger partial charge in [-0.3, -0.25) is 4.79 Å². The average molecular weight is 572 g/mol. The van der Waals surface area contributed by atoms with E-state index in [0.717, 1.165) is 34.3 Å². The fourth-order valence-electron chi connectivity index (χ4n) is 5.39. The fourth-order valence-corrected chi connectivity index (χ4v) is 5.39. The Morgan fingerprint density at radius 1 is 0.860 bits per heavy atom. The summed E-state index contributed by atoms with van der Waals surface area (Å²) in [5.74, 6) is 2.66. The molecule has 6 aromatic rings. The predicted molar refractivity (Wildman–Crippen MR) is 167 cm³/mol. The van der Waals surface area contributed by atoms with Gasteiger partial charge in [0.1, 0.15) is 23.4 Å². The number of hydrogen-bond acceptors (Lipinski definition) is 5.